The van der Waals surface area contributed by atoms with E-state index < -0.39 is 0 Å². The zero-order valence-electron chi connectivity index (χ0n) is 14.9. The smallest absolute Gasteiger partial charge is 0.132 e. The van der Waals surface area contributed by atoms with Crippen LogP contribution in [-0.4, -0.2) is 39.5 Å². The van der Waals surface area contributed by atoms with E-state index in [0.717, 1.165) is 36.0 Å². The summed E-state index contributed by atoms with van der Waals surface area (Å²) in [6, 6.07) is 10.3. The number of hydrogen-bond donors (Lipinski definition) is 0. The van der Waals surface area contributed by atoms with Gasteiger partial charge in [-0.2, -0.15) is 5.10 Å². The molecule has 2 aromatic rings. The molecule has 1 aromatic heterocycles. The summed E-state index contributed by atoms with van der Waals surface area (Å²) in [7, 11) is 0. The van der Waals surface area contributed by atoms with E-state index in [1.807, 2.05) is 29.8 Å². The summed E-state index contributed by atoms with van der Waals surface area (Å²) < 4.78 is 7.89. The van der Waals surface area contributed by atoms with Crippen LogP contribution in [0.5, 0.6) is 0 Å². The summed E-state index contributed by atoms with van der Waals surface area (Å²) in [4.78, 5) is 2.41. The van der Waals surface area contributed by atoms with E-state index >= 15 is 0 Å². The fourth-order valence-corrected chi connectivity index (χ4v) is 3.86. The molecule has 3 rings (SSSR count). The minimum atomic E-state index is -0.127. The number of halogens is 1. The number of hydrogen-bond acceptors (Lipinski definition) is 3. The first kappa shape index (κ1) is 17.5. The first-order valence-electron chi connectivity index (χ1n) is 8.50. The maximum Gasteiger partial charge on any atom is 0.132 e. The number of benzene rings is 1. The Kier molecular flexibility index (Phi) is 5.00. The van der Waals surface area contributed by atoms with E-state index in [9.17, 15) is 0 Å². The van der Waals surface area contributed by atoms with Gasteiger partial charge in [0.15, 0.2) is 0 Å². The molecule has 5 heteroatoms. The van der Waals surface area contributed by atoms with Crippen molar-refractivity contribution in [3.8, 4) is 0 Å². The van der Waals surface area contributed by atoms with Crippen molar-refractivity contribution in [3.63, 3.8) is 0 Å². The van der Waals surface area contributed by atoms with Crippen molar-refractivity contribution in [1.29, 1.82) is 0 Å². The molecule has 0 radical (unpaired) electrons. The zero-order chi connectivity index (χ0) is 17.3. The van der Waals surface area contributed by atoms with Crippen LogP contribution in [0.1, 0.15) is 37.6 Å². The second-order valence-electron chi connectivity index (χ2n) is 7.36. The molecule has 1 unspecified atom stereocenters. The molecule has 0 bridgehead atoms. The number of aromatic nitrogens is 2. The summed E-state index contributed by atoms with van der Waals surface area (Å²) in [5.74, 6) is 0. The SMILES string of the molecule is Cc1nn(Cc2ccccc2)c(Cl)c1CN1CC(C)OC(C)(C)C1. The fraction of sp³-hybridized carbons (Fsp3) is 0.526. The lowest BCUT2D eigenvalue weighted by Gasteiger charge is -2.41. The Hall–Kier alpha value is -1.36. The Morgan fingerprint density at radius 3 is 2.62 bits per heavy atom. The molecule has 24 heavy (non-hydrogen) atoms. The van der Waals surface area contributed by atoms with E-state index in [-0.39, 0.29) is 11.7 Å². The molecule has 1 atom stereocenters. The number of rotatable bonds is 4. The Bertz CT molecular complexity index is 696. The number of morpholine rings is 1. The maximum absolute atomic E-state index is 6.65. The molecule has 0 aliphatic carbocycles. The van der Waals surface area contributed by atoms with Crippen LogP contribution in [0.4, 0.5) is 0 Å². The molecule has 130 valence electrons. The van der Waals surface area contributed by atoms with Crippen LogP contribution in [-0.2, 0) is 17.8 Å². The lowest BCUT2D eigenvalue weighted by atomic mass is 10.0. The van der Waals surface area contributed by atoms with Gasteiger partial charge in [0, 0.05) is 25.2 Å². The number of nitrogens with zero attached hydrogens (tertiary/aromatic N) is 3. The van der Waals surface area contributed by atoms with Crippen molar-refractivity contribution in [2.75, 3.05) is 13.1 Å². The maximum atomic E-state index is 6.65. The Morgan fingerprint density at radius 1 is 1.25 bits per heavy atom. The van der Waals surface area contributed by atoms with Crippen molar-refractivity contribution in [2.45, 2.75) is 52.5 Å². The molecule has 0 amide bonds. The van der Waals surface area contributed by atoms with E-state index in [1.54, 1.807) is 0 Å². The van der Waals surface area contributed by atoms with Crippen molar-refractivity contribution in [1.82, 2.24) is 14.7 Å². The van der Waals surface area contributed by atoms with Gasteiger partial charge in [-0.3, -0.25) is 4.90 Å². The second-order valence-corrected chi connectivity index (χ2v) is 7.71. The molecule has 0 spiro atoms. The average molecular weight is 348 g/mol. The molecule has 4 nitrogen and oxygen atoms in total. The molecule has 1 saturated heterocycles. The van der Waals surface area contributed by atoms with Crippen molar-refractivity contribution >= 4 is 11.6 Å². The third kappa shape index (κ3) is 4.00. The predicted molar refractivity (Wildman–Crippen MR) is 97.4 cm³/mol. The molecular formula is C19H26ClN3O. The molecule has 2 heterocycles. The van der Waals surface area contributed by atoms with Gasteiger partial charge in [-0.05, 0) is 33.3 Å². The highest BCUT2D eigenvalue weighted by Crippen LogP contribution is 2.26. The van der Waals surface area contributed by atoms with Crippen LogP contribution in [0.25, 0.3) is 0 Å². The summed E-state index contributed by atoms with van der Waals surface area (Å²) >= 11 is 6.65. The normalized spacial score (nSPS) is 21.1. The summed E-state index contributed by atoms with van der Waals surface area (Å²) in [5, 5.41) is 5.40. The van der Waals surface area contributed by atoms with Crippen molar-refractivity contribution in [3.05, 3.63) is 52.3 Å². The largest absolute Gasteiger partial charge is 0.370 e. The van der Waals surface area contributed by atoms with E-state index in [4.69, 9.17) is 16.3 Å². The van der Waals surface area contributed by atoms with Crippen molar-refractivity contribution < 1.29 is 4.74 Å². The molecule has 1 fully saturated rings. The monoisotopic (exact) mass is 347 g/mol. The van der Waals surface area contributed by atoms with Gasteiger partial charge in [-0.15, -0.1) is 0 Å². The van der Waals surface area contributed by atoms with Gasteiger partial charge in [0.2, 0.25) is 0 Å². The minimum absolute atomic E-state index is 0.127. The number of ether oxygens (including phenoxy) is 1. The molecule has 0 N–H and O–H groups in total. The van der Waals surface area contributed by atoms with Crippen LogP contribution >= 0.6 is 11.6 Å². The van der Waals surface area contributed by atoms with Gasteiger partial charge in [0.25, 0.3) is 0 Å². The quantitative estimate of drug-likeness (QED) is 0.840. The van der Waals surface area contributed by atoms with Gasteiger partial charge >= 0.3 is 0 Å². The third-order valence-electron chi connectivity index (χ3n) is 4.38. The highest BCUT2D eigenvalue weighted by molar-refractivity contribution is 6.30. The van der Waals surface area contributed by atoms with Crippen molar-refractivity contribution in [2.24, 2.45) is 0 Å². The molecule has 1 aliphatic heterocycles. The number of aryl methyl sites for hydroxylation is 1. The average Bonchev–Trinajstić information content (AvgIpc) is 2.74. The van der Waals surface area contributed by atoms with E-state index in [2.05, 4.69) is 42.9 Å². The summed E-state index contributed by atoms with van der Waals surface area (Å²) in [6.07, 6.45) is 0.229. The van der Waals surface area contributed by atoms with Gasteiger partial charge in [-0.25, -0.2) is 4.68 Å². The topological polar surface area (TPSA) is 30.3 Å². The van der Waals surface area contributed by atoms with Crippen LogP contribution in [0.15, 0.2) is 30.3 Å². The van der Waals surface area contributed by atoms with Crippen LogP contribution in [0, 0.1) is 6.92 Å². The second kappa shape index (κ2) is 6.87. The van der Waals surface area contributed by atoms with E-state index in [1.165, 1.54) is 5.56 Å². The molecular weight excluding hydrogens is 322 g/mol. The first-order chi connectivity index (χ1) is 11.3. The molecule has 0 saturated carbocycles. The minimum Gasteiger partial charge on any atom is -0.370 e. The Morgan fingerprint density at radius 2 is 1.96 bits per heavy atom. The summed E-state index contributed by atoms with van der Waals surface area (Å²) in [6.45, 7) is 11.8. The van der Waals surface area contributed by atoms with Crippen LogP contribution < -0.4 is 0 Å². The molecule has 1 aliphatic rings. The Labute approximate surface area is 149 Å². The lowest BCUT2D eigenvalue weighted by Crippen LogP contribution is -2.51. The van der Waals surface area contributed by atoms with E-state index in [0.29, 0.717) is 6.54 Å². The third-order valence-corrected chi connectivity index (χ3v) is 4.80. The first-order valence-corrected chi connectivity index (χ1v) is 8.88. The van der Waals surface area contributed by atoms with Crippen LogP contribution in [0.2, 0.25) is 5.15 Å². The highest BCUT2D eigenvalue weighted by Gasteiger charge is 2.32. The van der Waals surface area contributed by atoms with Gasteiger partial charge < -0.3 is 4.74 Å². The summed E-state index contributed by atoms with van der Waals surface area (Å²) in [5.41, 5.74) is 3.21. The zero-order valence-corrected chi connectivity index (χ0v) is 15.7. The molecule has 1 aromatic carbocycles. The predicted octanol–water partition coefficient (Wildman–Crippen LogP) is 3.89. The van der Waals surface area contributed by atoms with Crippen LogP contribution in [0.3, 0.4) is 0 Å². The fourth-order valence-electron chi connectivity index (χ4n) is 3.56. The highest BCUT2D eigenvalue weighted by atomic mass is 35.5. The van der Waals surface area contributed by atoms with Gasteiger partial charge in [0.05, 0.1) is 23.9 Å². The van der Waals surface area contributed by atoms with Gasteiger partial charge in [-0.1, -0.05) is 41.9 Å². The lowest BCUT2D eigenvalue weighted by molar-refractivity contribution is -0.130. The standard InChI is InChI=1S/C19H26ClN3O/c1-14-10-22(13-19(3,4)24-14)12-17-15(2)21-23(18(17)20)11-16-8-6-5-7-9-16/h5-9,14H,10-13H2,1-4H3. The Balaban J connectivity index is 1.77. The van der Waals surface area contributed by atoms with Gasteiger partial charge in [0.1, 0.15) is 5.15 Å².